The van der Waals surface area contributed by atoms with E-state index in [9.17, 15) is 4.79 Å². The second kappa shape index (κ2) is 5.77. The Morgan fingerprint density at radius 2 is 2.47 bits per heavy atom. The summed E-state index contributed by atoms with van der Waals surface area (Å²) in [6.07, 6.45) is 5.02. The molecule has 0 bridgehead atoms. The van der Waals surface area contributed by atoms with Crippen molar-refractivity contribution in [3.05, 3.63) is 12.4 Å². The molecular formula is C11H19N5O. The molecule has 0 aliphatic carbocycles. The number of likely N-dealkylation sites (tertiary alicyclic amines) is 1. The Morgan fingerprint density at radius 3 is 3.18 bits per heavy atom. The van der Waals surface area contributed by atoms with Crippen LogP contribution in [0.5, 0.6) is 0 Å². The minimum absolute atomic E-state index is 0.221. The summed E-state index contributed by atoms with van der Waals surface area (Å²) >= 11 is 0. The van der Waals surface area contributed by atoms with Crippen molar-refractivity contribution < 1.29 is 4.79 Å². The third kappa shape index (κ3) is 3.26. The summed E-state index contributed by atoms with van der Waals surface area (Å²) in [6, 6.07) is 0. The maximum absolute atomic E-state index is 11.9. The summed E-state index contributed by atoms with van der Waals surface area (Å²) < 4.78 is 1.69. The summed E-state index contributed by atoms with van der Waals surface area (Å²) in [4.78, 5) is 13.9. The summed E-state index contributed by atoms with van der Waals surface area (Å²) in [7, 11) is 1.95. The quantitative estimate of drug-likeness (QED) is 0.766. The molecule has 6 heteroatoms. The lowest BCUT2D eigenvalue weighted by Gasteiger charge is -2.16. The molecule has 2 heterocycles. The van der Waals surface area contributed by atoms with Gasteiger partial charge in [0, 0.05) is 25.7 Å². The fourth-order valence-corrected chi connectivity index (χ4v) is 2.23. The van der Waals surface area contributed by atoms with Gasteiger partial charge in [0.2, 0.25) is 5.91 Å². The van der Waals surface area contributed by atoms with Crippen LogP contribution in [0.25, 0.3) is 0 Å². The van der Waals surface area contributed by atoms with Crippen molar-refractivity contribution in [3.63, 3.8) is 0 Å². The first-order valence-electron chi connectivity index (χ1n) is 6.06. The summed E-state index contributed by atoms with van der Waals surface area (Å²) in [5.74, 6) is 0.828. The lowest BCUT2D eigenvalue weighted by molar-refractivity contribution is -0.130. The number of amides is 1. The van der Waals surface area contributed by atoms with E-state index in [0.29, 0.717) is 18.9 Å². The normalized spacial score (nSPS) is 19.8. The highest BCUT2D eigenvalue weighted by Crippen LogP contribution is 2.16. The molecule has 0 spiro atoms. The number of nitrogens with zero attached hydrogens (tertiary/aromatic N) is 4. The van der Waals surface area contributed by atoms with Gasteiger partial charge in [0.05, 0.1) is 12.7 Å². The monoisotopic (exact) mass is 237 g/mol. The molecule has 1 aromatic heterocycles. The van der Waals surface area contributed by atoms with Crippen LogP contribution in [0.15, 0.2) is 12.4 Å². The highest BCUT2D eigenvalue weighted by Gasteiger charge is 2.25. The topological polar surface area (TPSA) is 63.1 Å². The highest BCUT2D eigenvalue weighted by atomic mass is 16.2. The minimum atomic E-state index is 0.221. The summed E-state index contributed by atoms with van der Waals surface area (Å²) in [5, 5.41) is 10.7. The van der Waals surface area contributed by atoms with Gasteiger partial charge in [0.25, 0.3) is 0 Å². The van der Waals surface area contributed by atoms with Crippen LogP contribution in [0.4, 0.5) is 0 Å². The molecule has 94 valence electrons. The average Bonchev–Trinajstić information content (AvgIpc) is 2.97. The number of carbonyl (C=O) groups excluding carboxylic acids is 1. The maximum Gasteiger partial charge on any atom is 0.224 e. The zero-order chi connectivity index (χ0) is 12.1. The number of hydrogen-bond acceptors (Lipinski definition) is 4. The third-order valence-corrected chi connectivity index (χ3v) is 3.16. The number of nitrogens with one attached hydrogen (secondary N) is 1. The van der Waals surface area contributed by atoms with Gasteiger partial charge in [0.1, 0.15) is 0 Å². The number of rotatable bonds is 5. The van der Waals surface area contributed by atoms with Crippen molar-refractivity contribution in [2.75, 3.05) is 26.7 Å². The summed E-state index contributed by atoms with van der Waals surface area (Å²) in [5.41, 5.74) is 0. The first-order valence-corrected chi connectivity index (χ1v) is 6.06. The van der Waals surface area contributed by atoms with Gasteiger partial charge in [-0.25, -0.2) is 0 Å². The Balaban J connectivity index is 1.73. The first-order chi connectivity index (χ1) is 8.29. The minimum Gasteiger partial charge on any atom is -0.342 e. The predicted octanol–water partition coefficient (Wildman–Crippen LogP) is -0.264. The van der Waals surface area contributed by atoms with E-state index in [-0.39, 0.29) is 5.91 Å². The second-order valence-electron chi connectivity index (χ2n) is 4.47. The molecule has 6 nitrogen and oxygen atoms in total. The number of hydrogen-bond donors (Lipinski definition) is 1. The lowest BCUT2D eigenvalue weighted by Crippen LogP contribution is -2.31. The van der Waals surface area contributed by atoms with Crippen LogP contribution in [0, 0.1) is 5.92 Å². The van der Waals surface area contributed by atoms with Crippen LogP contribution in [-0.4, -0.2) is 52.5 Å². The Kier molecular flexibility index (Phi) is 4.08. The van der Waals surface area contributed by atoms with E-state index in [4.69, 9.17) is 0 Å². The van der Waals surface area contributed by atoms with Crippen LogP contribution in [0.2, 0.25) is 0 Å². The third-order valence-electron chi connectivity index (χ3n) is 3.16. The van der Waals surface area contributed by atoms with Crippen molar-refractivity contribution >= 4 is 5.91 Å². The fraction of sp³-hybridized carbons (Fsp3) is 0.727. The molecule has 2 rings (SSSR count). The van der Waals surface area contributed by atoms with Gasteiger partial charge in [-0.05, 0) is 25.9 Å². The van der Waals surface area contributed by atoms with E-state index in [1.807, 2.05) is 11.9 Å². The van der Waals surface area contributed by atoms with Crippen LogP contribution in [-0.2, 0) is 11.3 Å². The smallest absolute Gasteiger partial charge is 0.224 e. The van der Waals surface area contributed by atoms with Gasteiger partial charge in [-0.2, -0.15) is 0 Å². The van der Waals surface area contributed by atoms with E-state index in [1.165, 1.54) is 0 Å². The largest absolute Gasteiger partial charge is 0.342 e. The molecule has 1 aliphatic rings. The molecule has 1 saturated heterocycles. The van der Waals surface area contributed by atoms with Crippen LogP contribution in [0.3, 0.4) is 0 Å². The average molecular weight is 237 g/mol. The van der Waals surface area contributed by atoms with Gasteiger partial charge in [-0.15, -0.1) is 5.10 Å². The van der Waals surface area contributed by atoms with Crippen LogP contribution < -0.4 is 5.32 Å². The van der Waals surface area contributed by atoms with Gasteiger partial charge in [-0.3, -0.25) is 9.48 Å². The molecule has 17 heavy (non-hydrogen) atoms. The van der Waals surface area contributed by atoms with E-state index in [1.54, 1.807) is 17.1 Å². The highest BCUT2D eigenvalue weighted by molar-refractivity contribution is 5.76. The molecule has 0 radical (unpaired) electrons. The first kappa shape index (κ1) is 12.0. The fourth-order valence-electron chi connectivity index (χ4n) is 2.23. The van der Waals surface area contributed by atoms with Gasteiger partial charge in [-0.1, -0.05) is 5.21 Å². The van der Waals surface area contributed by atoms with E-state index in [0.717, 1.165) is 26.1 Å². The number of aromatic nitrogens is 3. The molecule has 1 aromatic rings. The van der Waals surface area contributed by atoms with Crippen molar-refractivity contribution in [1.29, 1.82) is 0 Å². The van der Waals surface area contributed by atoms with Gasteiger partial charge in [0.15, 0.2) is 0 Å². The van der Waals surface area contributed by atoms with Crippen LogP contribution >= 0.6 is 0 Å². The SMILES string of the molecule is CNCC1CCN(C(=O)CCn2ccnn2)C1. The molecule has 1 fully saturated rings. The zero-order valence-electron chi connectivity index (χ0n) is 10.2. The molecule has 0 saturated carbocycles. The van der Waals surface area contributed by atoms with Crippen molar-refractivity contribution in [1.82, 2.24) is 25.2 Å². The Hall–Kier alpha value is -1.43. The molecule has 1 aliphatic heterocycles. The molecular weight excluding hydrogens is 218 g/mol. The number of aryl methyl sites for hydroxylation is 1. The molecule has 1 unspecified atom stereocenters. The Labute approximate surface area is 101 Å². The molecule has 1 amide bonds. The van der Waals surface area contributed by atoms with Crippen molar-refractivity contribution in [2.45, 2.75) is 19.4 Å². The Morgan fingerprint density at radius 1 is 1.59 bits per heavy atom. The summed E-state index contributed by atoms with van der Waals surface area (Å²) in [6.45, 7) is 3.39. The van der Waals surface area contributed by atoms with E-state index >= 15 is 0 Å². The number of carbonyl (C=O) groups is 1. The second-order valence-corrected chi connectivity index (χ2v) is 4.47. The maximum atomic E-state index is 11.9. The van der Waals surface area contributed by atoms with E-state index < -0.39 is 0 Å². The standard InChI is InChI=1S/C11H19N5O/c1-12-8-10-2-5-15(9-10)11(17)3-6-16-7-4-13-14-16/h4,7,10,12H,2-3,5-6,8-9H2,1H3. The molecule has 0 aromatic carbocycles. The lowest BCUT2D eigenvalue weighted by atomic mass is 10.1. The zero-order valence-corrected chi connectivity index (χ0v) is 10.2. The Bertz CT molecular complexity index is 351. The van der Waals surface area contributed by atoms with Gasteiger partial charge < -0.3 is 10.2 Å². The van der Waals surface area contributed by atoms with Crippen molar-refractivity contribution in [3.8, 4) is 0 Å². The van der Waals surface area contributed by atoms with E-state index in [2.05, 4.69) is 15.6 Å². The predicted molar refractivity (Wildman–Crippen MR) is 63.3 cm³/mol. The molecule has 1 atom stereocenters. The molecule has 1 N–H and O–H groups in total. The van der Waals surface area contributed by atoms with Crippen molar-refractivity contribution in [2.24, 2.45) is 5.92 Å². The van der Waals surface area contributed by atoms with Gasteiger partial charge >= 0.3 is 0 Å². The van der Waals surface area contributed by atoms with Crippen LogP contribution in [0.1, 0.15) is 12.8 Å².